The topological polar surface area (TPSA) is 29.5 Å². The highest BCUT2D eigenvalue weighted by Crippen LogP contribution is 2.11. The van der Waals surface area contributed by atoms with Crippen molar-refractivity contribution < 1.29 is 9.53 Å². The van der Waals surface area contributed by atoms with E-state index in [1.807, 2.05) is 6.92 Å². The predicted molar refractivity (Wildman–Crippen MR) is 74.6 cm³/mol. The third-order valence-electron chi connectivity index (χ3n) is 3.61. The number of ether oxygens (including phenoxy) is 1. The fourth-order valence-corrected chi connectivity index (χ4v) is 2.55. The summed E-state index contributed by atoms with van der Waals surface area (Å²) >= 11 is 0. The summed E-state index contributed by atoms with van der Waals surface area (Å²) in [4.78, 5) is 13.7. The van der Waals surface area contributed by atoms with Gasteiger partial charge in [0.15, 0.2) is 0 Å². The summed E-state index contributed by atoms with van der Waals surface area (Å²) in [6.07, 6.45) is 10.8. The lowest BCUT2D eigenvalue weighted by molar-refractivity contribution is -0.143. The summed E-state index contributed by atoms with van der Waals surface area (Å²) in [6.45, 7) is 6.26. The zero-order chi connectivity index (χ0) is 13.1. The Hall–Kier alpha value is -0.570. The largest absolute Gasteiger partial charge is 0.466 e. The van der Waals surface area contributed by atoms with Gasteiger partial charge in [-0.25, -0.2) is 0 Å². The Morgan fingerprint density at radius 3 is 2.39 bits per heavy atom. The molecule has 0 aromatic heterocycles. The first-order valence-corrected chi connectivity index (χ1v) is 7.71. The molecule has 0 bridgehead atoms. The maximum Gasteiger partial charge on any atom is 0.305 e. The highest BCUT2D eigenvalue weighted by Gasteiger charge is 2.08. The van der Waals surface area contributed by atoms with Gasteiger partial charge in [-0.05, 0) is 52.2 Å². The molecule has 1 saturated heterocycles. The Kier molecular flexibility index (Phi) is 8.92. The van der Waals surface area contributed by atoms with Crippen LogP contribution in [-0.4, -0.2) is 37.1 Å². The molecular formula is C15H29NO2. The highest BCUT2D eigenvalue weighted by atomic mass is 16.5. The van der Waals surface area contributed by atoms with E-state index in [1.54, 1.807) is 0 Å². The fraction of sp³-hybridized carbons (Fsp3) is 0.933. The van der Waals surface area contributed by atoms with E-state index in [1.165, 1.54) is 64.6 Å². The Labute approximate surface area is 112 Å². The SMILES string of the molecule is CCOC(=O)CCCCCCCN1CCCCC1. The average Bonchev–Trinajstić information content (AvgIpc) is 2.39. The van der Waals surface area contributed by atoms with Gasteiger partial charge in [0.05, 0.1) is 6.61 Å². The second-order valence-corrected chi connectivity index (χ2v) is 5.23. The van der Waals surface area contributed by atoms with Gasteiger partial charge in [0.2, 0.25) is 0 Å². The van der Waals surface area contributed by atoms with Gasteiger partial charge in [0.1, 0.15) is 0 Å². The van der Waals surface area contributed by atoms with Crippen LogP contribution in [0.2, 0.25) is 0 Å². The number of carbonyl (C=O) groups is 1. The summed E-state index contributed by atoms with van der Waals surface area (Å²) in [5.74, 6) is -0.0363. The standard InChI is InChI=1S/C15H29NO2/c1-2-18-15(17)11-7-4-3-5-8-12-16-13-9-6-10-14-16/h2-14H2,1H3. The zero-order valence-corrected chi connectivity index (χ0v) is 12.0. The van der Waals surface area contributed by atoms with Crippen molar-refractivity contribution in [3.8, 4) is 0 Å². The number of hydrogen-bond donors (Lipinski definition) is 0. The molecule has 1 rings (SSSR count). The first kappa shape index (κ1) is 15.5. The number of hydrogen-bond acceptors (Lipinski definition) is 3. The molecule has 0 radical (unpaired) electrons. The molecule has 1 heterocycles. The molecule has 0 atom stereocenters. The Balaban J connectivity index is 1.82. The monoisotopic (exact) mass is 255 g/mol. The predicted octanol–water partition coefficient (Wildman–Crippen LogP) is 3.38. The summed E-state index contributed by atoms with van der Waals surface area (Å²) in [5, 5.41) is 0. The number of unbranched alkanes of at least 4 members (excludes halogenated alkanes) is 4. The molecule has 0 aliphatic carbocycles. The third-order valence-corrected chi connectivity index (χ3v) is 3.61. The maximum atomic E-state index is 11.1. The lowest BCUT2D eigenvalue weighted by atomic mass is 10.1. The van der Waals surface area contributed by atoms with Crippen LogP contribution in [0.25, 0.3) is 0 Å². The van der Waals surface area contributed by atoms with E-state index in [4.69, 9.17) is 4.74 Å². The first-order valence-electron chi connectivity index (χ1n) is 7.71. The molecule has 1 fully saturated rings. The number of esters is 1. The van der Waals surface area contributed by atoms with Crippen LogP contribution in [0, 0.1) is 0 Å². The second-order valence-electron chi connectivity index (χ2n) is 5.23. The molecule has 18 heavy (non-hydrogen) atoms. The van der Waals surface area contributed by atoms with Crippen molar-refractivity contribution in [3.05, 3.63) is 0 Å². The number of carbonyl (C=O) groups excluding carboxylic acids is 1. The molecule has 0 unspecified atom stereocenters. The minimum Gasteiger partial charge on any atom is -0.466 e. The van der Waals surface area contributed by atoms with Gasteiger partial charge >= 0.3 is 5.97 Å². The molecule has 3 heteroatoms. The van der Waals surface area contributed by atoms with E-state index in [2.05, 4.69) is 4.90 Å². The van der Waals surface area contributed by atoms with Crippen molar-refractivity contribution >= 4 is 5.97 Å². The Morgan fingerprint density at radius 1 is 1.00 bits per heavy atom. The number of piperidine rings is 1. The van der Waals surface area contributed by atoms with Crippen LogP contribution >= 0.6 is 0 Å². The Bertz CT molecular complexity index is 213. The summed E-state index contributed by atoms with van der Waals surface area (Å²) in [7, 11) is 0. The normalized spacial score (nSPS) is 16.7. The molecule has 0 N–H and O–H groups in total. The zero-order valence-electron chi connectivity index (χ0n) is 12.0. The minimum atomic E-state index is -0.0363. The van der Waals surface area contributed by atoms with Crippen molar-refractivity contribution in [1.29, 1.82) is 0 Å². The second kappa shape index (κ2) is 10.4. The molecule has 1 aliphatic heterocycles. The van der Waals surface area contributed by atoms with Crippen LogP contribution in [0.3, 0.4) is 0 Å². The van der Waals surface area contributed by atoms with Crippen molar-refractivity contribution in [2.24, 2.45) is 0 Å². The number of rotatable bonds is 9. The van der Waals surface area contributed by atoms with Crippen LogP contribution < -0.4 is 0 Å². The maximum absolute atomic E-state index is 11.1. The molecule has 1 aliphatic rings. The van der Waals surface area contributed by atoms with Crippen molar-refractivity contribution in [2.45, 2.75) is 64.7 Å². The van der Waals surface area contributed by atoms with Crippen molar-refractivity contribution in [1.82, 2.24) is 4.90 Å². The van der Waals surface area contributed by atoms with Gasteiger partial charge in [-0.1, -0.05) is 25.7 Å². The van der Waals surface area contributed by atoms with E-state index in [0.717, 1.165) is 6.42 Å². The quantitative estimate of drug-likeness (QED) is 0.467. The van der Waals surface area contributed by atoms with Gasteiger partial charge in [0.25, 0.3) is 0 Å². The van der Waals surface area contributed by atoms with Crippen LogP contribution in [0.15, 0.2) is 0 Å². The smallest absolute Gasteiger partial charge is 0.305 e. The highest BCUT2D eigenvalue weighted by molar-refractivity contribution is 5.69. The van der Waals surface area contributed by atoms with Gasteiger partial charge in [-0.3, -0.25) is 4.79 Å². The lowest BCUT2D eigenvalue weighted by Crippen LogP contribution is -2.30. The molecule has 0 amide bonds. The van der Waals surface area contributed by atoms with E-state index in [9.17, 15) is 4.79 Å². The van der Waals surface area contributed by atoms with Gasteiger partial charge in [-0.2, -0.15) is 0 Å². The van der Waals surface area contributed by atoms with Crippen molar-refractivity contribution in [2.75, 3.05) is 26.2 Å². The summed E-state index contributed by atoms with van der Waals surface area (Å²) < 4.78 is 4.90. The third kappa shape index (κ3) is 7.70. The number of nitrogens with zero attached hydrogens (tertiary/aromatic N) is 1. The van der Waals surface area contributed by atoms with Crippen LogP contribution in [-0.2, 0) is 9.53 Å². The van der Waals surface area contributed by atoms with Crippen LogP contribution in [0.5, 0.6) is 0 Å². The fourth-order valence-electron chi connectivity index (χ4n) is 2.55. The molecular weight excluding hydrogens is 226 g/mol. The molecule has 106 valence electrons. The molecule has 0 aromatic rings. The minimum absolute atomic E-state index is 0.0363. The van der Waals surface area contributed by atoms with Gasteiger partial charge < -0.3 is 9.64 Å². The lowest BCUT2D eigenvalue weighted by Gasteiger charge is -2.26. The van der Waals surface area contributed by atoms with Crippen LogP contribution in [0.4, 0.5) is 0 Å². The summed E-state index contributed by atoms with van der Waals surface area (Å²) in [6, 6.07) is 0. The van der Waals surface area contributed by atoms with Gasteiger partial charge in [0, 0.05) is 6.42 Å². The van der Waals surface area contributed by atoms with E-state index in [-0.39, 0.29) is 5.97 Å². The molecule has 0 saturated carbocycles. The van der Waals surface area contributed by atoms with Crippen molar-refractivity contribution in [3.63, 3.8) is 0 Å². The van der Waals surface area contributed by atoms with Gasteiger partial charge in [-0.15, -0.1) is 0 Å². The molecule has 0 spiro atoms. The first-order chi connectivity index (χ1) is 8.83. The van der Waals surface area contributed by atoms with Crippen LogP contribution in [0.1, 0.15) is 64.7 Å². The molecule has 3 nitrogen and oxygen atoms in total. The van der Waals surface area contributed by atoms with E-state index >= 15 is 0 Å². The van der Waals surface area contributed by atoms with E-state index < -0.39 is 0 Å². The average molecular weight is 255 g/mol. The number of likely N-dealkylation sites (tertiary alicyclic amines) is 1. The van der Waals surface area contributed by atoms with E-state index in [0.29, 0.717) is 13.0 Å². The Morgan fingerprint density at radius 2 is 1.67 bits per heavy atom. The molecule has 0 aromatic carbocycles. The summed E-state index contributed by atoms with van der Waals surface area (Å²) in [5.41, 5.74) is 0.